The van der Waals surface area contributed by atoms with E-state index < -0.39 is 0 Å². The standard InChI is InChI=1S/C37H29N/c1-28-17-20-33-27-36(24-21-32(33)25-28)38(34-15-9-4-10-16-34)35-22-18-29(19-23-35)26-37(30-11-5-2-6-12-30)31-13-7-3-8-14-31/h2-27H,1H3. The van der Waals surface area contributed by atoms with Crippen molar-refractivity contribution >= 4 is 39.5 Å². The van der Waals surface area contributed by atoms with Crippen LogP contribution in [0.5, 0.6) is 0 Å². The minimum atomic E-state index is 1.13. The van der Waals surface area contributed by atoms with E-state index in [1.54, 1.807) is 0 Å². The molecule has 0 aromatic heterocycles. The van der Waals surface area contributed by atoms with E-state index in [0.29, 0.717) is 0 Å². The molecule has 6 aromatic carbocycles. The van der Waals surface area contributed by atoms with E-state index in [1.165, 1.54) is 38.6 Å². The van der Waals surface area contributed by atoms with Crippen molar-refractivity contribution < 1.29 is 0 Å². The highest BCUT2D eigenvalue weighted by Gasteiger charge is 2.13. The lowest BCUT2D eigenvalue weighted by Gasteiger charge is -2.26. The number of hydrogen-bond donors (Lipinski definition) is 0. The zero-order valence-electron chi connectivity index (χ0n) is 21.5. The zero-order chi connectivity index (χ0) is 25.7. The van der Waals surface area contributed by atoms with Crippen molar-refractivity contribution in [1.29, 1.82) is 0 Å². The molecule has 0 spiro atoms. The fraction of sp³-hybridized carbons (Fsp3) is 0.0270. The fourth-order valence-corrected chi connectivity index (χ4v) is 4.97. The SMILES string of the molecule is Cc1ccc2cc(N(c3ccccc3)c3ccc(C=C(c4ccccc4)c4ccccc4)cc3)ccc2c1. The summed E-state index contributed by atoms with van der Waals surface area (Å²) in [5.74, 6) is 0. The number of hydrogen-bond acceptors (Lipinski definition) is 1. The second-order valence-electron chi connectivity index (χ2n) is 9.59. The first-order valence-electron chi connectivity index (χ1n) is 13.0. The van der Waals surface area contributed by atoms with Crippen LogP contribution in [-0.4, -0.2) is 0 Å². The summed E-state index contributed by atoms with van der Waals surface area (Å²) in [6.07, 6.45) is 2.28. The summed E-state index contributed by atoms with van der Waals surface area (Å²) < 4.78 is 0. The van der Waals surface area contributed by atoms with Gasteiger partial charge in [-0.2, -0.15) is 0 Å². The van der Waals surface area contributed by atoms with E-state index in [4.69, 9.17) is 0 Å². The molecular weight excluding hydrogens is 458 g/mol. The summed E-state index contributed by atoms with van der Waals surface area (Å²) in [5, 5.41) is 2.50. The Bertz CT molecular complexity index is 1640. The lowest BCUT2D eigenvalue weighted by molar-refractivity contribution is 1.29. The summed E-state index contributed by atoms with van der Waals surface area (Å²) in [6, 6.07) is 54.0. The van der Waals surface area contributed by atoms with Gasteiger partial charge in [0.1, 0.15) is 0 Å². The molecule has 0 bridgehead atoms. The minimum absolute atomic E-state index is 1.13. The summed E-state index contributed by atoms with van der Waals surface area (Å²) in [7, 11) is 0. The van der Waals surface area contributed by atoms with Gasteiger partial charge in [0, 0.05) is 17.1 Å². The summed E-state index contributed by atoms with van der Waals surface area (Å²) in [5.41, 5.74) is 9.48. The van der Waals surface area contributed by atoms with Crippen LogP contribution in [0.3, 0.4) is 0 Å². The van der Waals surface area contributed by atoms with Crippen LogP contribution in [0.15, 0.2) is 152 Å². The lowest BCUT2D eigenvalue weighted by atomic mass is 9.95. The molecular formula is C37H29N. The highest BCUT2D eigenvalue weighted by molar-refractivity contribution is 5.92. The largest absolute Gasteiger partial charge is 0.310 e. The van der Waals surface area contributed by atoms with E-state index in [-0.39, 0.29) is 0 Å². The molecule has 0 atom stereocenters. The molecule has 0 N–H and O–H groups in total. The normalized spacial score (nSPS) is 10.8. The van der Waals surface area contributed by atoms with Gasteiger partial charge in [-0.15, -0.1) is 0 Å². The van der Waals surface area contributed by atoms with Crippen LogP contribution in [0.4, 0.5) is 17.1 Å². The highest BCUT2D eigenvalue weighted by atomic mass is 15.1. The molecule has 0 amide bonds. The van der Waals surface area contributed by atoms with Crippen LogP contribution in [0.25, 0.3) is 22.4 Å². The summed E-state index contributed by atoms with van der Waals surface area (Å²) in [4.78, 5) is 2.32. The van der Waals surface area contributed by atoms with Crippen LogP contribution in [0.1, 0.15) is 22.3 Å². The Hall–Kier alpha value is -4.88. The van der Waals surface area contributed by atoms with Crippen molar-refractivity contribution in [2.75, 3.05) is 4.90 Å². The van der Waals surface area contributed by atoms with Crippen molar-refractivity contribution in [2.24, 2.45) is 0 Å². The molecule has 0 saturated carbocycles. The summed E-state index contributed by atoms with van der Waals surface area (Å²) in [6.45, 7) is 2.14. The third kappa shape index (κ3) is 5.00. The monoisotopic (exact) mass is 487 g/mol. The van der Waals surface area contributed by atoms with Gasteiger partial charge in [0.05, 0.1) is 0 Å². The Kier molecular flexibility index (Phi) is 6.57. The third-order valence-electron chi connectivity index (χ3n) is 6.88. The summed E-state index contributed by atoms with van der Waals surface area (Å²) >= 11 is 0. The van der Waals surface area contributed by atoms with Gasteiger partial charge < -0.3 is 4.90 Å². The van der Waals surface area contributed by atoms with Crippen LogP contribution < -0.4 is 4.90 Å². The minimum Gasteiger partial charge on any atom is -0.310 e. The van der Waals surface area contributed by atoms with Gasteiger partial charge >= 0.3 is 0 Å². The Labute approximate surface area is 225 Å². The Balaban J connectivity index is 1.41. The van der Waals surface area contributed by atoms with Gasteiger partial charge in [-0.1, -0.05) is 121 Å². The molecule has 38 heavy (non-hydrogen) atoms. The van der Waals surface area contributed by atoms with Gasteiger partial charge in [-0.3, -0.25) is 0 Å². The van der Waals surface area contributed by atoms with Gasteiger partial charge in [-0.05, 0) is 82.4 Å². The van der Waals surface area contributed by atoms with Crippen LogP contribution in [0.2, 0.25) is 0 Å². The molecule has 0 aliphatic carbocycles. The number of fused-ring (bicyclic) bond motifs is 1. The topological polar surface area (TPSA) is 3.24 Å². The molecule has 0 unspecified atom stereocenters. The zero-order valence-corrected chi connectivity index (χ0v) is 21.5. The first-order valence-corrected chi connectivity index (χ1v) is 13.0. The van der Waals surface area contributed by atoms with E-state index in [0.717, 1.165) is 17.1 Å². The second kappa shape index (κ2) is 10.6. The maximum absolute atomic E-state index is 2.32. The number of aryl methyl sites for hydroxylation is 1. The maximum atomic E-state index is 2.32. The predicted octanol–water partition coefficient (Wildman–Crippen LogP) is 10.2. The first-order chi connectivity index (χ1) is 18.7. The van der Waals surface area contributed by atoms with Crippen molar-refractivity contribution in [2.45, 2.75) is 6.92 Å². The van der Waals surface area contributed by atoms with Gasteiger partial charge in [0.2, 0.25) is 0 Å². The number of anilines is 3. The maximum Gasteiger partial charge on any atom is 0.0468 e. The molecule has 0 saturated heterocycles. The van der Waals surface area contributed by atoms with Crippen molar-refractivity contribution in [3.8, 4) is 0 Å². The molecule has 182 valence electrons. The molecule has 0 heterocycles. The number of benzene rings is 6. The van der Waals surface area contributed by atoms with Gasteiger partial charge in [0.15, 0.2) is 0 Å². The Morgan fingerprint density at radius 2 is 0.974 bits per heavy atom. The van der Waals surface area contributed by atoms with E-state index in [1.807, 2.05) is 0 Å². The predicted molar refractivity (Wildman–Crippen MR) is 163 cm³/mol. The molecule has 1 nitrogen and oxygen atoms in total. The van der Waals surface area contributed by atoms with Crippen molar-refractivity contribution in [3.63, 3.8) is 0 Å². The van der Waals surface area contributed by atoms with Crippen molar-refractivity contribution in [3.05, 3.63) is 174 Å². The quantitative estimate of drug-likeness (QED) is 0.211. The molecule has 6 aromatic rings. The highest BCUT2D eigenvalue weighted by Crippen LogP contribution is 2.36. The van der Waals surface area contributed by atoms with Crippen LogP contribution in [-0.2, 0) is 0 Å². The first kappa shape index (κ1) is 23.5. The molecule has 1 heteroatoms. The molecule has 0 aliphatic rings. The smallest absolute Gasteiger partial charge is 0.0468 e. The molecule has 6 rings (SSSR count). The van der Waals surface area contributed by atoms with Crippen molar-refractivity contribution in [1.82, 2.24) is 0 Å². The van der Waals surface area contributed by atoms with E-state index in [9.17, 15) is 0 Å². The average Bonchev–Trinajstić information content (AvgIpc) is 2.98. The fourth-order valence-electron chi connectivity index (χ4n) is 4.97. The van der Waals surface area contributed by atoms with Gasteiger partial charge in [-0.25, -0.2) is 0 Å². The molecule has 0 aliphatic heterocycles. The van der Waals surface area contributed by atoms with E-state index in [2.05, 4.69) is 170 Å². The van der Waals surface area contributed by atoms with Gasteiger partial charge in [0.25, 0.3) is 0 Å². The number of rotatable bonds is 6. The molecule has 0 radical (unpaired) electrons. The second-order valence-corrected chi connectivity index (χ2v) is 9.59. The third-order valence-corrected chi connectivity index (χ3v) is 6.88. The average molecular weight is 488 g/mol. The molecule has 0 fully saturated rings. The Morgan fingerprint density at radius 1 is 0.474 bits per heavy atom. The number of nitrogens with zero attached hydrogens (tertiary/aromatic N) is 1. The number of para-hydroxylation sites is 1. The van der Waals surface area contributed by atoms with E-state index >= 15 is 0 Å². The van der Waals surface area contributed by atoms with Crippen LogP contribution >= 0.6 is 0 Å². The Morgan fingerprint density at radius 3 is 1.61 bits per heavy atom. The lowest BCUT2D eigenvalue weighted by Crippen LogP contribution is -2.09. The van der Waals surface area contributed by atoms with Crippen LogP contribution in [0, 0.1) is 6.92 Å².